The van der Waals surface area contributed by atoms with Crippen molar-refractivity contribution in [2.75, 3.05) is 23.9 Å². The van der Waals surface area contributed by atoms with Crippen LogP contribution in [0.1, 0.15) is 5.56 Å². The highest BCUT2D eigenvalue weighted by Gasteiger charge is 2.35. The summed E-state index contributed by atoms with van der Waals surface area (Å²) in [4.78, 5) is 38.6. The summed E-state index contributed by atoms with van der Waals surface area (Å²) >= 11 is 9.42. The Morgan fingerprint density at radius 2 is 1.89 bits per heavy atom. The first-order chi connectivity index (χ1) is 16.9. The van der Waals surface area contributed by atoms with Gasteiger partial charge in [-0.2, -0.15) is 0 Å². The molecule has 0 unspecified atom stereocenters. The summed E-state index contributed by atoms with van der Waals surface area (Å²) in [7, 11) is 1.46. The molecule has 0 aliphatic carbocycles. The highest BCUT2D eigenvalue weighted by atomic mass is 79.9. The summed E-state index contributed by atoms with van der Waals surface area (Å²) in [5, 5.41) is 5.71. The van der Waals surface area contributed by atoms with Gasteiger partial charge in [-0.25, -0.2) is 9.69 Å². The first kappa shape index (κ1) is 24.3. The van der Waals surface area contributed by atoms with Gasteiger partial charge >= 0.3 is 6.03 Å². The summed E-state index contributed by atoms with van der Waals surface area (Å²) in [6.45, 7) is -0.243. The predicted octanol–water partition coefficient (Wildman–Crippen LogP) is 5.23. The summed E-state index contributed by atoms with van der Waals surface area (Å²) in [5.41, 5.74) is 1.66. The van der Waals surface area contributed by atoms with Crippen LogP contribution in [-0.4, -0.2) is 31.6 Å². The van der Waals surface area contributed by atoms with E-state index in [9.17, 15) is 14.4 Å². The van der Waals surface area contributed by atoms with Crippen LogP contribution in [0.2, 0.25) is 5.02 Å². The fourth-order valence-corrected chi connectivity index (χ4v) is 4.13. The number of amides is 4. The van der Waals surface area contributed by atoms with Gasteiger partial charge in [-0.1, -0.05) is 35.9 Å². The van der Waals surface area contributed by atoms with Gasteiger partial charge in [0.2, 0.25) is 0 Å². The number of methoxy groups -OCH3 is 1. The van der Waals surface area contributed by atoms with E-state index in [0.717, 1.165) is 4.90 Å². The number of nitrogens with one attached hydrogen (secondary N) is 2. The predicted molar refractivity (Wildman–Crippen MR) is 137 cm³/mol. The van der Waals surface area contributed by atoms with E-state index < -0.39 is 11.9 Å². The normalized spacial score (nSPS) is 14.1. The van der Waals surface area contributed by atoms with Crippen molar-refractivity contribution in [3.05, 3.63) is 87.5 Å². The van der Waals surface area contributed by atoms with Crippen LogP contribution in [0.5, 0.6) is 11.5 Å². The second kappa shape index (κ2) is 10.6. The molecule has 0 atom stereocenters. The number of nitrogens with zero attached hydrogens (tertiary/aromatic N) is 1. The maximum Gasteiger partial charge on any atom is 0.333 e. The zero-order chi connectivity index (χ0) is 24.9. The molecule has 35 heavy (non-hydrogen) atoms. The summed E-state index contributed by atoms with van der Waals surface area (Å²) < 4.78 is 11.6. The number of rotatable bonds is 7. The minimum Gasteiger partial charge on any atom is -0.493 e. The first-order valence-electron chi connectivity index (χ1n) is 10.3. The maximum absolute atomic E-state index is 12.9. The first-order valence-corrected chi connectivity index (χ1v) is 11.5. The van der Waals surface area contributed by atoms with Crippen LogP contribution < -0.4 is 25.0 Å². The molecule has 0 bridgehead atoms. The lowest BCUT2D eigenvalue weighted by atomic mass is 10.1. The molecule has 8 nitrogen and oxygen atoms in total. The van der Waals surface area contributed by atoms with Crippen LogP contribution in [0.15, 0.2) is 76.9 Å². The van der Waals surface area contributed by atoms with Gasteiger partial charge < -0.3 is 20.1 Å². The Morgan fingerprint density at radius 1 is 1.11 bits per heavy atom. The molecule has 0 saturated carbocycles. The number of anilines is 2. The van der Waals surface area contributed by atoms with Crippen molar-refractivity contribution >= 4 is 62.8 Å². The molecular formula is C25H19BrClN3O5. The SMILES string of the molecule is COc1cc(/C=C2/NC(=O)N(c3cccc(Cl)c3)C2=O)cc(Br)c1OCC(=O)Nc1ccccc1. The molecule has 1 aliphatic heterocycles. The lowest BCUT2D eigenvalue weighted by molar-refractivity contribution is -0.118. The van der Waals surface area contributed by atoms with Crippen LogP contribution in [0.25, 0.3) is 6.08 Å². The molecular weight excluding hydrogens is 538 g/mol. The number of hydrogen-bond donors (Lipinski definition) is 2. The second-order valence-corrected chi connectivity index (χ2v) is 8.64. The fraction of sp³-hybridized carbons (Fsp3) is 0.0800. The van der Waals surface area contributed by atoms with Gasteiger partial charge in [0.05, 0.1) is 17.3 Å². The maximum atomic E-state index is 12.9. The molecule has 0 aromatic heterocycles. The van der Waals surface area contributed by atoms with E-state index in [1.54, 1.807) is 42.5 Å². The number of benzene rings is 3. The molecule has 0 spiro atoms. The van der Waals surface area contributed by atoms with Gasteiger partial charge in [0.15, 0.2) is 18.1 Å². The fourth-order valence-electron chi connectivity index (χ4n) is 3.37. The number of para-hydroxylation sites is 1. The molecule has 4 amide bonds. The summed E-state index contributed by atoms with van der Waals surface area (Å²) in [5.74, 6) is -0.204. The van der Waals surface area contributed by atoms with Crippen molar-refractivity contribution in [3.63, 3.8) is 0 Å². The standard InChI is InChI=1S/C25H19BrClN3O5/c1-34-21-12-15(10-19(26)23(21)35-14-22(31)28-17-7-3-2-4-8-17)11-20-24(32)30(25(33)29-20)18-9-5-6-16(27)13-18/h2-13H,14H2,1H3,(H,28,31)(H,29,33)/b20-11+. The third-order valence-electron chi connectivity index (χ3n) is 4.91. The van der Waals surface area contributed by atoms with Gasteiger partial charge in [-0.3, -0.25) is 9.59 Å². The van der Waals surface area contributed by atoms with E-state index in [2.05, 4.69) is 26.6 Å². The monoisotopic (exact) mass is 555 g/mol. The van der Waals surface area contributed by atoms with E-state index >= 15 is 0 Å². The Labute approximate surface area is 214 Å². The number of carbonyl (C=O) groups excluding carboxylic acids is 3. The highest BCUT2D eigenvalue weighted by Crippen LogP contribution is 2.37. The molecule has 3 aromatic carbocycles. The average Bonchev–Trinajstić information content (AvgIpc) is 3.11. The second-order valence-electron chi connectivity index (χ2n) is 7.35. The average molecular weight is 557 g/mol. The zero-order valence-electron chi connectivity index (χ0n) is 18.4. The Balaban J connectivity index is 1.51. The third-order valence-corrected chi connectivity index (χ3v) is 5.74. The number of imide groups is 1. The molecule has 10 heteroatoms. The smallest absolute Gasteiger partial charge is 0.333 e. The van der Waals surface area contributed by atoms with Crippen molar-refractivity contribution in [2.24, 2.45) is 0 Å². The molecule has 0 radical (unpaired) electrons. The minimum atomic E-state index is -0.584. The summed E-state index contributed by atoms with van der Waals surface area (Å²) in [6, 6.07) is 18.2. The van der Waals surface area contributed by atoms with Crippen LogP contribution >= 0.6 is 27.5 Å². The quantitative estimate of drug-likeness (QED) is 0.307. The van der Waals surface area contributed by atoms with Crippen molar-refractivity contribution in [3.8, 4) is 11.5 Å². The lowest BCUT2D eigenvalue weighted by Gasteiger charge is -2.14. The molecule has 1 heterocycles. The van der Waals surface area contributed by atoms with Crippen LogP contribution in [0.3, 0.4) is 0 Å². The Morgan fingerprint density at radius 3 is 2.60 bits per heavy atom. The Kier molecular flexibility index (Phi) is 7.38. The van der Waals surface area contributed by atoms with E-state index in [-0.39, 0.29) is 18.2 Å². The number of hydrogen-bond acceptors (Lipinski definition) is 5. The van der Waals surface area contributed by atoms with Crippen molar-refractivity contribution in [2.45, 2.75) is 0 Å². The minimum absolute atomic E-state index is 0.0832. The summed E-state index contributed by atoms with van der Waals surface area (Å²) in [6.07, 6.45) is 1.52. The van der Waals surface area contributed by atoms with E-state index in [1.807, 2.05) is 18.2 Å². The topological polar surface area (TPSA) is 97.0 Å². The number of carbonyl (C=O) groups is 3. The van der Waals surface area contributed by atoms with Gasteiger partial charge in [-0.15, -0.1) is 0 Å². The number of ether oxygens (including phenoxy) is 2. The van der Waals surface area contributed by atoms with E-state index in [0.29, 0.717) is 37.9 Å². The zero-order valence-corrected chi connectivity index (χ0v) is 20.7. The van der Waals surface area contributed by atoms with Crippen LogP contribution in [-0.2, 0) is 9.59 Å². The molecule has 3 aromatic rings. The highest BCUT2D eigenvalue weighted by molar-refractivity contribution is 9.10. The molecule has 1 fully saturated rings. The number of halogens is 2. The number of urea groups is 1. The van der Waals surface area contributed by atoms with E-state index in [4.69, 9.17) is 21.1 Å². The Hall–Kier alpha value is -3.82. The lowest BCUT2D eigenvalue weighted by Crippen LogP contribution is -2.30. The van der Waals surface area contributed by atoms with Gasteiger partial charge in [0.1, 0.15) is 5.70 Å². The molecule has 1 saturated heterocycles. The molecule has 4 rings (SSSR count). The Bertz CT molecular complexity index is 1330. The van der Waals surface area contributed by atoms with Gasteiger partial charge in [-0.05, 0) is 70.0 Å². The van der Waals surface area contributed by atoms with Gasteiger partial charge in [0.25, 0.3) is 11.8 Å². The van der Waals surface area contributed by atoms with Crippen molar-refractivity contribution in [1.29, 1.82) is 0 Å². The van der Waals surface area contributed by atoms with E-state index in [1.165, 1.54) is 19.3 Å². The molecule has 2 N–H and O–H groups in total. The van der Waals surface area contributed by atoms with Crippen molar-refractivity contribution < 1.29 is 23.9 Å². The largest absolute Gasteiger partial charge is 0.493 e. The van der Waals surface area contributed by atoms with Crippen molar-refractivity contribution in [1.82, 2.24) is 5.32 Å². The van der Waals surface area contributed by atoms with Gasteiger partial charge in [0, 0.05) is 10.7 Å². The van der Waals surface area contributed by atoms with Crippen LogP contribution in [0.4, 0.5) is 16.2 Å². The molecule has 1 aliphatic rings. The molecule has 178 valence electrons. The third kappa shape index (κ3) is 5.64. The van der Waals surface area contributed by atoms with Crippen LogP contribution in [0, 0.1) is 0 Å².